The second kappa shape index (κ2) is 16.8. The van der Waals surface area contributed by atoms with E-state index in [1.165, 1.54) is 32.1 Å². The average molecular weight is 259 g/mol. The Morgan fingerprint density at radius 3 is 1.61 bits per heavy atom. The molecule has 0 bridgehead atoms. The lowest BCUT2D eigenvalue weighted by Crippen LogP contribution is -2.33. The molecule has 110 valence electrons. The second-order valence-electron chi connectivity index (χ2n) is 4.47. The third kappa shape index (κ3) is 15.8. The van der Waals surface area contributed by atoms with Crippen LogP contribution >= 0.6 is 0 Å². The quantitative estimate of drug-likeness (QED) is 0.222. The van der Waals surface area contributed by atoms with Gasteiger partial charge in [0.15, 0.2) is 0 Å². The van der Waals surface area contributed by atoms with Crippen molar-refractivity contribution in [2.24, 2.45) is 0 Å². The maximum atomic E-state index is 3.48. The van der Waals surface area contributed by atoms with Crippen molar-refractivity contribution in [2.75, 3.05) is 39.3 Å². The molecule has 0 aliphatic rings. The van der Waals surface area contributed by atoms with Crippen molar-refractivity contribution in [2.45, 2.75) is 46.0 Å². The molecule has 0 fully saturated rings. The molecule has 18 heavy (non-hydrogen) atoms. The van der Waals surface area contributed by atoms with E-state index in [9.17, 15) is 0 Å². The van der Waals surface area contributed by atoms with Gasteiger partial charge in [0.25, 0.3) is 0 Å². The largest absolute Gasteiger partial charge is 0.317 e. The van der Waals surface area contributed by atoms with E-state index in [2.05, 4.69) is 40.9 Å². The molecule has 0 radical (unpaired) electrons. The summed E-state index contributed by atoms with van der Waals surface area (Å²) in [6.45, 7) is 10.7. The lowest BCUT2D eigenvalue weighted by molar-refractivity contribution is 0.494. The summed E-state index contributed by atoms with van der Waals surface area (Å²) in [6.07, 6.45) is 6.12. The van der Waals surface area contributed by atoms with Crippen LogP contribution in [0.5, 0.6) is 0 Å². The number of nitrogens with one attached hydrogen (secondary N) is 5. The van der Waals surface area contributed by atoms with Crippen LogP contribution in [-0.4, -0.2) is 39.3 Å². The Morgan fingerprint density at radius 1 is 0.556 bits per heavy atom. The van der Waals surface area contributed by atoms with E-state index in [0.29, 0.717) is 0 Å². The highest BCUT2D eigenvalue weighted by molar-refractivity contribution is 4.52. The highest BCUT2D eigenvalue weighted by Crippen LogP contribution is 1.87. The first-order valence-electron chi connectivity index (χ1n) is 7.54. The summed E-state index contributed by atoms with van der Waals surface area (Å²) in [5, 5.41) is 3.48. The normalized spacial score (nSPS) is 11.0. The van der Waals surface area contributed by atoms with Crippen molar-refractivity contribution in [1.82, 2.24) is 27.0 Å². The number of unbranched alkanes of at least 4 members (excludes halogenated alkanes) is 2. The summed E-state index contributed by atoms with van der Waals surface area (Å²) < 4.78 is 0. The number of hydrazine groups is 2. The second-order valence-corrected chi connectivity index (χ2v) is 4.47. The smallest absolute Gasteiger partial charge is 0.0100 e. The van der Waals surface area contributed by atoms with Crippen LogP contribution in [0.1, 0.15) is 46.0 Å². The summed E-state index contributed by atoms with van der Waals surface area (Å²) in [7, 11) is 0. The molecule has 0 aromatic heterocycles. The molecule has 0 aromatic carbocycles. The van der Waals surface area contributed by atoms with Gasteiger partial charge in [-0.15, -0.1) is 0 Å². The minimum Gasteiger partial charge on any atom is -0.317 e. The maximum absolute atomic E-state index is 3.48. The fraction of sp³-hybridized carbons (Fsp3) is 1.00. The van der Waals surface area contributed by atoms with Gasteiger partial charge in [0.1, 0.15) is 0 Å². The zero-order valence-electron chi connectivity index (χ0n) is 12.3. The number of hydrogen-bond donors (Lipinski definition) is 5. The SMILES string of the molecule is CCCNNCCCCNCCCCNNCC. The van der Waals surface area contributed by atoms with E-state index in [-0.39, 0.29) is 0 Å². The van der Waals surface area contributed by atoms with Crippen molar-refractivity contribution in [3.8, 4) is 0 Å². The monoisotopic (exact) mass is 259 g/mol. The minimum atomic E-state index is 0.986. The molecule has 0 saturated heterocycles. The molecule has 0 aromatic rings. The van der Waals surface area contributed by atoms with Crippen LogP contribution in [0.2, 0.25) is 0 Å². The van der Waals surface area contributed by atoms with E-state index < -0.39 is 0 Å². The van der Waals surface area contributed by atoms with Gasteiger partial charge in [0.05, 0.1) is 0 Å². The Kier molecular flexibility index (Phi) is 16.6. The van der Waals surface area contributed by atoms with E-state index in [1.54, 1.807) is 0 Å². The third-order valence-corrected chi connectivity index (χ3v) is 2.61. The van der Waals surface area contributed by atoms with Crippen molar-refractivity contribution in [3.63, 3.8) is 0 Å². The van der Waals surface area contributed by atoms with Gasteiger partial charge in [-0.05, 0) is 45.2 Å². The zero-order chi connectivity index (χ0) is 13.3. The van der Waals surface area contributed by atoms with Crippen LogP contribution in [0.15, 0.2) is 0 Å². The maximum Gasteiger partial charge on any atom is 0.0100 e. The standard InChI is InChI=1S/C13H33N5/c1-3-9-16-18-13-8-6-11-14-10-5-7-12-17-15-4-2/h14-18H,3-13H2,1-2H3. The first kappa shape index (κ1) is 17.8. The average Bonchev–Trinajstić information content (AvgIpc) is 2.39. The van der Waals surface area contributed by atoms with Crippen molar-refractivity contribution in [3.05, 3.63) is 0 Å². The van der Waals surface area contributed by atoms with Gasteiger partial charge >= 0.3 is 0 Å². The molecular formula is C13H33N5. The van der Waals surface area contributed by atoms with Gasteiger partial charge < -0.3 is 5.32 Å². The highest BCUT2D eigenvalue weighted by atomic mass is 15.3. The van der Waals surface area contributed by atoms with E-state index >= 15 is 0 Å². The Bertz CT molecular complexity index is 127. The predicted octanol–water partition coefficient (Wildman–Crippen LogP) is 0.755. The fourth-order valence-electron chi connectivity index (χ4n) is 1.57. The molecule has 0 saturated carbocycles. The molecule has 0 aliphatic heterocycles. The molecule has 5 heteroatoms. The van der Waals surface area contributed by atoms with Crippen LogP contribution in [-0.2, 0) is 0 Å². The molecule has 0 spiro atoms. The van der Waals surface area contributed by atoms with Crippen LogP contribution in [0.3, 0.4) is 0 Å². The van der Waals surface area contributed by atoms with Crippen LogP contribution in [0.25, 0.3) is 0 Å². The summed E-state index contributed by atoms with van der Waals surface area (Å²) in [6, 6.07) is 0. The molecule has 5 nitrogen and oxygen atoms in total. The van der Waals surface area contributed by atoms with Gasteiger partial charge in [-0.1, -0.05) is 13.8 Å². The van der Waals surface area contributed by atoms with E-state index in [0.717, 1.165) is 39.3 Å². The fourth-order valence-corrected chi connectivity index (χ4v) is 1.57. The van der Waals surface area contributed by atoms with E-state index in [4.69, 9.17) is 0 Å². The number of rotatable bonds is 15. The van der Waals surface area contributed by atoms with Gasteiger partial charge in [0.2, 0.25) is 0 Å². The van der Waals surface area contributed by atoms with E-state index in [1.807, 2.05) is 0 Å². The molecule has 0 aliphatic carbocycles. The Labute approximate surface area is 113 Å². The van der Waals surface area contributed by atoms with Crippen molar-refractivity contribution in [1.29, 1.82) is 0 Å². The van der Waals surface area contributed by atoms with Gasteiger partial charge in [-0.25, -0.2) is 0 Å². The van der Waals surface area contributed by atoms with Crippen molar-refractivity contribution < 1.29 is 0 Å². The molecule has 0 atom stereocenters. The van der Waals surface area contributed by atoms with Crippen LogP contribution in [0, 0.1) is 0 Å². The lowest BCUT2D eigenvalue weighted by Gasteiger charge is -2.07. The summed E-state index contributed by atoms with van der Waals surface area (Å²) in [5.41, 5.74) is 12.7. The van der Waals surface area contributed by atoms with Gasteiger partial charge in [-0.3, -0.25) is 21.7 Å². The summed E-state index contributed by atoms with van der Waals surface area (Å²) >= 11 is 0. The Morgan fingerprint density at radius 2 is 1.06 bits per heavy atom. The summed E-state index contributed by atoms with van der Waals surface area (Å²) in [4.78, 5) is 0. The molecule has 5 N–H and O–H groups in total. The van der Waals surface area contributed by atoms with Gasteiger partial charge in [-0.2, -0.15) is 0 Å². The van der Waals surface area contributed by atoms with Crippen LogP contribution < -0.4 is 27.0 Å². The molecule has 0 rings (SSSR count). The molecule has 0 unspecified atom stereocenters. The summed E-state index contributed by atoms with van der Waals surface area (Å²) in [5.74, 6) is 0. The third-order valence-electron chi connectivity index (χ3n) is 2.61. The predicted molar refractivity (Wildman–Crippen MR) is 79.3 cm³/mol. The number of hydrogen-bond acceptors (Lipinski definition) is 5. The molecule has 0 heterocycles. The first-order chi connectivity index (χ1) is 8.91. The topological polar surface area (TPSA) is 60.1 Å². The van der Waals surface area contributed by atoms with Gasteiger partial charge in [0, 0.05) is 26.2 Å². The molecular weight excluding hydrogens is 226 g/mol. The minimum absolute atomic E-state index is 0.986. The lowest BCUT2D eigenvalue weighted by atomic mass is 10.3. The first-order valence-corrected chi connectivity index (χ1v) is 7.54. The van der Waals surface area contributed by atoms with Crippen LogP contribution in [0.4, 0.5) is 0 Å². The molecule has 0 amide bonds. The Balaban J connectivity index is 2.86. The zero-order valence-corrected chi connectivity index (χ0v) is 12.3. The van der Waals surface area contributed by atoms with Crippen molar-refractivity contribution >= 4 is 0 Å². The highest BCUT2D eigenvalue weighted by Gasteiger charge is 1.90. The Hall–Kier alpha value is -0.200.